The van der Waals surface area contributed by atoms with Crippen molar-refractivity contribution in [2.24, 2.45) is 11.3 Å². The first-order valence-electron chi connectivity index (χ1n) is 12.6. The van der Waals surface area contributed by atoms with Crippen LogP contribution < -0.4 is 10.6 Å². The Morgan fingerprint density at radius 3 is 2.51 bits per heavy atom. The van der Waals surface area contributed by atoms with Gasteiger partial charge in [0.2, 0.25) is 18.6 Å². The van der Waals surface area contributed by atoms with Gasteiger partial charge in [0.25, 0.3) is 0 Å². The molecule has 0 aliphatic carbocycles. The van der Waals surface area contributed by atoms with Gasteiger partial charge < -0.3 is 30.1 Å². The molecule has 2 aliphatic heterocycles. The van der Waals surface area contributed by atoms with Gasteiger partial charge in [0.05, 0.1) is 30.0 Å². The third-order valence-electron chi connectivity index (χ3n) is 6.54. The van der Waals surface area contributed by atoms with E-state index in [4.69, 9.17) is 9.47 Å². The molecular formula is C28H32N4O7. The molecule has 1 aromatic carbocycles. The number of amides is 2. The highest BCUT2D eigenvalue weighted by atomic mass is 16.7. The Bertz CT molecular complexity index is 1300. The molecule has 2 aliphatic rings. The predicted molar refractivity (Wildman–Crippen MR) is 142 cm³/mol. The van der Waals surface area contributed by atoms with Crippen LogP contribution in [0.25, 0.3) is 5.57 Å². The Labute approximate surface area is 226 Å². The van der Waals surface area contributed by atoms with Crippen molar-refractivity contribution in [1.82, 2.24) is 9.88 Å². The molecule has 4 rings (SSSR count). The number of aliphatic hydroxyl groups is 1. The predicted octanol–water partition coefficient (Wildman–Crippen LogP) is 2.54. The van der Waals surface area contributed by atoms with Gasteiger partial charge in [-0.15, -0.1) is 0 Å². The summed E-state index contributed by atoms with van der Waals surface area (Å²) >= 11 is 0. The van der Waals surface area contributed by atoms with Gasteiger partial charge in [0, 0.05) is 23.8 Å². The molecule has 2 amide bonds. The average molecular weight is 537 g/mol. The lowest BCUT2D eigenvalue weighted by atomic mass is 9.82. The SMILES string of the molecule is C[C@@H](O)[C@H]1C(=O)N2C(C(=O)OCOC(=O)C(C)(C)C)=C(c3cccc(NCC(=O)Nc4ccncc4)c3)C[C@H]12. The Balaban J connectivity index is 1.51. The lowest BCUT2D eigenvalue weighted by Crippen LogP contribution is -2.61. The molecule has 3 heterocycles. The van der Waals surface area contributed by atoms with Crippen LogP contribution in [0, 0.1) is 11.3 Å². The number of carbonyl (C=O) groups is 4. The fourth-order valence-electron chi connectivity index (χ4n) is 4.58. The van der Waals surface area contributed by atoms with Gasteiger partial charge in [-0.25, -0.2) is 4.79 Å². The van der Waals surface area contributed by atoms with Gasteiger partial charge in [-0.3, -0.25) is 19.4 Å². The van der Waals surface area contributed by atoms with Gasteiger partial charge in [0.1, 0.15) is 5.70 Å². The highest BCUT2D eigenvalue weighted by Gasteiger charge is 2.57. The second kappa shape index (κ2) is 11.2. The number of pyridine rings is 1. The van der Waals surface area contributed by atoms with Crippen molar-refractivity contribution >= 4 is 40.7 Å². The van der Waals surface area contributed by atoms with E-state index >= 15 is 0 Å². The van der Waals surface area contributed by atoms with Crippen LogP contribution in [0.4, 0.5) is 11.4 Å². The van der Waals surface area contributed by atoms with E-state index in [0.717, 1.165) is 0 Å². The van der Waals surface area contributed by atoms with E-state index in [9.17, 15) is 24.3 Å². The number of aromatic nitrogens is 1. The molecule has 3 N–H and O–H groups in total. The minimum absolute atomic E-state index is 0.00377. The molecule has 11 nitrogen and oxygen atoms in total. The lowest BCUT2D eigenvalue weighted by Gasteiger charge is -2.44. The number of hydrogen-bond acceptors (Lipinski definition) is 9. The maximum atomic E-state index is 13.1. The van der Waals surface area contributed by atoms with Crippen LogP contribution in [0.2, 0.25) is 0 Å². The van der Waals surface area contributed by atoms with Crippen molar-refractivity contribution in [3.8, 4) is 0 Å². The van der Waals surface area contributed by atoms with Crippen LogP contribution in [-0.2, 0) is 28.7 Å². The maximum Gasteiger partial charge on any atom is 0.358 e. The normalized spacial score (nSPS) is 19.1. The smallest absolute Gasteiger partial charge is 0.358 e. The van der Waals surface area contributed by atoms with Crippen LogP contribution in [0.15, 0.2) is 54.5 Å². The molecule has 1 aromatic heterocycles. The number of nitrogens with one attached hydrogen (secondary N) is 2. The third-order valence-corrected chi connectivity index (χ3v) is 6.54. The van der Waals surface area contributed by atoms with E-state index in [1.807, 2.05) is 0 Å². The summed E-state index contributed by atoms with van der Waals surface area (Å²) in [6, 6.07) is 10.1. The summed E-state index contributed by atoms with van der Waals surface area (Å²) in [5.74, 6) is -2.60. The number of rotatable bonds is 9. The summed E-state index contributed by atoms with van der Waals surface area (Å²) in [5, 5.41) is 16.0. The Hall–Kier alpha value is -4.25. The van der Waals surface area contributed by atoms with Crippen molar-refractivity contribution < 1.29 is 33.8 Å². The van der Waals surface area contributed by atoms with E-state index < -0.39 is 42.2 Å². The second-order valence-corrected chi connectivity index (χ2v) is 10.5. The third kappa shape index (κ3) is 6.09. The summed E-state index contributed by atoms with van der Waals surface area (Å²) in [4.78, 5) is 55.7. The molecule has 0 saturated carbocycles. The van der Waals surface area contributed by atoms with Crippen LogP contribution in [-0.4, -0.2) is 64.2 Å². The first-order chi connectivity index (χ1) is 18.5. The Morgan fingerprint density at radius 1 is 1.13 bits per heavy atom. The number of fused-ring (bicyclic) bond motifs is 1. The van der Waals surface area contributed by atoms with E-state index in [1.165, 1.54) is 4.90 Å². The number of hydrogen-bond donors (Lipinski definition) is 3. The highest BCUT2D eigenvalue weighted by Crippen LogP contribution is 2.47. The van der Waals surface area contributed by atoms with Gasteiger partial charge in [-0.2, -0.15) is 0 Å². The van der Waals surface area contributed by atoms with E-state index in [0.29, 0.717) is 28.9 Å². The molecule has 39 heavy (non-hydrogen) atoms. The number of anilines is 2. The fraction of sp³-hybridized carbons (Fsp3) is 0.393. The van der Waals surface area contributed by atoms with Crippen molar-refractivity contribution in [2.75, 3.05) is 24.0 Å². The summed E-state index contributed by atoms with van der Waals surface area (Å²) in [6.07, 6.45) is 2.61. The topological polar surface area (TPSA) is 147 Å². The molecule has 11 heteroatoms. The number of ether oxygens (including phenoxy) is 2. The van der Waals surface area contributed by atoms with Gasteiger partial charge >= 0.3 is 11.9 Å². The molecule has 3 atom stereocenters. The lowest BCUT2D eigenvalue weighted by molar-refractivity contribution is -0.175. The maximum absolute atomic E-state index is 13.1. The zero-order valence-electron chi connectivity index (χ0n) is 22.3. The number of β-lactam (4-membered cyclic amide) rings is 1. The Kier molecular flexibility index (Phi) is 8.01. The zero-order valence-corrected chi connectivity index (χ0v) is 22.3. The van der Waals surface area contributed by atoms with E-state index in [-0.39, 0.29) is 24.1 Å². The number of benzene rings is 1. The molecule has 0 spiro atoms. The Morgan fingerprint density at radius 2 is 1.85 bits per heavy atom. The molecule has 0 radical (unpaired) electrons. The highest BCUT2D eigenvalue weighted by molar-refractivity contribution is 6.07. The molecule has 0 bridgehead atoms. The van der Waals surface area contributed by atoms with Crippen molar-refractivity contribution in [3.05, 3.63) is 60.1 Å². The summed E-state index contributed by atoms with van der Waals surface area (Å²) in [7, 11) is 0. The van der Waals surface area contributed by atoms with Crippen LogP contribution in [0.5, 0.6) is 0 Å². The number of aliphatic hydroxyl groups excluding tert-OH is 1. The summed E-state index contributed by atoms with van der Waals surface area (Å²) in [5.41, 5.74) is 1.76. The molecule has 0 unspecified atom stereocenters. The molecule has 1 fully saturated rings. The van der Waals surface area contributed by atoms with Crippen molar-refractivity contribution in [1.29, 1.82) is 0 Å². The first kappa shape index (κ1) is 27.8. The van der Waals surface area contributed by atoms with Gasteiger partial charge in [-0.05, 0) is 69.5 Å². The molecule has 206 valence electrons. The quantitative estimate of drug-likeness (QED) is 0.250. The summed E-state index contributed by atoms with van der Waals surface area (Å²) < 4.78 is 10.3. The summed E-state index contributed by atoms with van der Waals surface area (Å²) in [6.45, 7) is 5.99. The van der Waals surface area contributed by atoms with Crippen molar-refractivity contribution in [3.63, 3.8) is 0 Å². The van der Waals surface area contributed by atoms with Crippen LogP contribution in [0.1, 0.15) is 39.7 Å². The van der Waals surface area contributed by atoms with Gasteiger partial charge in [0.15, 0.2) is 0 Å². The van der Waals surface area contributed by atoms with Crippen LogP contribution in [0.3, 0.4) is 0 Å². The minimum Gasteiger partial charge on any atom is -0.427 e. The molecule has 1 saturated heterocycles. The molecular weight excluding hydrogens is 504 g/mol. The number of nitrogens with zero attached hydrogens (tertiary/aromatic N) is 2. The number of carbonyl (C=O) groups excluding carboxylic acids is 4. The number of esters is 2. The largest absolute Gasteiger partial charge is 0.427 e. The zero-order chi connectivity index (χ0) is 28.3. The molecule has 2 aromatic rings. The monoisotopic (exact) mass is 536 g/mol. The van der Waals surface area contributed by atoms with Crippen LogP contribution >= 0.6 is 0 Å². The first-order valence-corrected chi connectivity index (χ1v) is 12.6. The second-order valence-electron chi connectivity index (χ2n) is 10.5. The van der Waals surface area contributed by atoms with E-state index in [1.54, 1.807) is 76.5 Å². The average Bonchev–Trinajstić information content (AvgIpc) is 3.22. The fourth-order valence-corrected chi connectivity index (χ4v) is 4.58. The standard InChI is InChI=1S/C28H32N4O7/c1-16(33)23-21-13-20(24(32(21)25(23)35)26(36)38-15-39-27(37)28(2,3)4)17-6-5-7-19(12-17)30-14-22(34)31-18-8-10-29-11-9-18/h5-12,16,21,23,30,33H,13-15H2,1-4H3,(H,29,31,34)/t16-,21-,23-/m1/s1. The van der Waals surface area contributed by atoms with Crippen molar-refractivity contribution in [2.45, 2.75) is 46.3 Å². The van der Waals surface area contributed by atoms with Gasteiger partial charge in [-0.1, -0.05) is 12.1 Å². The minimum atomic E-state index is -0.880. The van der Waals surface area contributed by atoms with E-state index in [2.05, 4.69) is 15.6 Å².